The van der Waals surface area contributed by atoms with E-state index in [2.05, 4.69) is 44.9 Å². The van der Waals surface area contributed by atoms with E-state index in [0.29, 0.717) is 11.7 Å². The van der Waals surface area contributed by atoms with Crippen molar-refractivity contribution in [1.29, 1.82) is 0 Å². The smallest absolute Gasteiger partial charge is 0.258 e. The number of hydrogen-bond donors (Lipinski definition) is 0. The van der Waals surface area contributed by atoms with E-state index < -0.39 is 0 Å². The molecule has 0 bridgehead atoms. The van der Waals surface area contributed by atoms with Gasteiger partial charge >= 0.3 is 0 Å². The zero-order valence-corrected chi connectivity index (χ0v) is 10.1. The molecule has 0 fully saturated rings. The summed E-state index contributed by atoms with van der Waals surface area (Å²) < 4.78 is 6.29. The maximum absolute atomic E-state index is 5.12. The monoisotopic (exact) mass is 300 g/mol. The first-order valence-corrected chi connectivity index (χ1v) is 5.31. The third-order valence-corrected chi connectivity index (χ3v) is 2.63. The summed E-state index contributed by atoms with van der Waals surface area (Å²) in [7, 11) is 0. The predicted octanol–water partition coefficient (Wildman–Crippen LogP) is 2.96. The van der Waals surface area contributed by atoms with Gasteiger partial charge in [-0.05, 0) is 54.1 Å². The van der Waals surface area contributed by atoms with Gasteiger partial charge in [0.2, 0.25) is 0 Å². The first kappa shape index (κ1) is 9.64. The largest absolute Gasteiger partial charge is 0.334 e. The molecule has 0 aliphatic rings. The van der Waals surface area contributed by atoms with E-state index in [0.717, 1.165) is 11.1 Å². The average molecular weight is 300 g/mol. The highest BCUT2D eigenvalue weighted by atomic mass is 127. The van der Waals surface area contributed by atoms with E-state index >= 15 is 0 Å². The van der Waals surface area contributed by atoms with Crippen LogP contribution in [0.25, 0.3) is 11.5 Å². The standard InChI is InChI=1S/C10H9IN2O/c1-6-3-4-8(11)5-9(6)10-12-7(2)13-14-10/h3-5H,1-2H3. The van der Waals surface area contributed by atoms with E-state index in [1.165, 1.54) is 3.57 Å². The van der Waals surface area contributed by atoms with Crippen LogP contribution < -0.4 is 0 Å². The number of hydrogen-bond acceptors (Lipinski definition) is 3. The van der Waals surface area contributed by atoms with E-state index in [1.807, 2.05) is 19.9 Å². The highest BCUT2D eigenvalue weighted by Gasteiger charge is 2.09. The second-order valence-electron chi connectivity index (χ2n) is 3.11. The van der Waals surface area contributed by atoms with Gasteiger partial charge in [0.25, 0.3) is 5.89 Å². The molecular weight excluding hydrogens is 291 g/mol. The van der Waals surface area contributed by atoms with Crippen molar-refractivity contribution in [3.63, 3.8) is 0 Å². The second-order valence-corrected chi connectivity index (χ2v) is 4.35. The second kappa shape index (κ2) is 3.68. The van der Waals surface area contributed by atoms with Crippen LogP contribution in [0, 0.1) is 17.4 Å². The molecule has 1 heterocycles. The van der Waals surface area contributed by atoms with Crippen molar-refractivity contribution in [2.24, 2.45) is 0 Å². The number of aryl methyl sites for hydroxylation is 2. The zero-order valence-electron chi connectivity index (χ0n) is 7.91. The summed E-state index contributed by atoms with van der Waals surface area (Å²) >= 11 is 2.27. The third-order valence-electron chi connectivity index (χ3n) is 1.96. The summed E-state index contributed by atoms with van der Waals surface area (Å²) in [5.41, 5.74) is 2.16. The normalized spacial score (nSPS) is 10.5. The Bertz CT molecular complexity index is 465. The minimum Gasteiger partial charge on any atom is -0.334 e. The van der Waals surface area contributed by atoms with Crippen LogP contribution in [0.3, 0.4) is 0 Å². The van der Waals surface area contributed by atoms with Gasteiger partial charge in [-0.15, -0.1) is 0 Å². The van der Waals surface area contributed by atoms with Gasteiger partial charge in [0.05, 0.1) is 0 Å². The molecule has 0 unspecified atom stereocenters. The molecule has 4 heteroatoms. The molecule has 2 rings (SSSR count). The Balaban J connectivity index is 2.55. The lowest BCUT2D eigenvalue weighted by molar-refractivity contribution is 0.425. The molecule has 72 valence electrons. The Morgan fingerprint density at radius 2 is 2.07 bits per heavy atom. The highest BCUT2D eigenvalue weighted by molar-refractivity contribution is 14.1. The molecule has 0 amide bonds. The lowest BCUT2D eigenvalue weighted by Gasteiger charge is -2.00. The Kier molecular flexibility index (Phi) is 2.54. The van der Waals surface area contributed by atoms with Crippen LogP contribution in [0.1, 0.15) is 11.4 Å². The first-order valence-electron chi connectivity index (χ1n) is 4.23. The zero-order chi connectivity index (χ0) is 10.1. The Labute approximate surface area is 95.7 Å². The molecule has 0 aliphatic heterocycles. The van der Waals surface area contributed by atoms with Gasteiger partial charge in [-0.2, -0.15) is 4.98 Å². The van der Waals surface area contributed by atoms with Crippen molar-refractivity contribution in [3.8, 4) is 11.5 Å². The van der Waals surface area contributed by atoms with Crippen molar-refractivity contribution in [1.82, 2.24) is 10.1 Å². The summed E-state index contributed by atoms with van der Waals surface area (Å²) in [6, 6.07) is 6.15. The molecule has 1 aromatic heterocycles. The minimum atomic E-state index is 0.596. The number of benzene rings is 1. The predicted molar refractivity (Wildman–Crippen MR) is 61.9 cm³/mol. The van der Waals surface area contributed by atoms with E-state index in [1.54, 1.807) is 0 Å². The van der Waals surface area contributed by atoms with E-state index in [-0.39, 0.29) is 0 Å². The summed E-state index contributed by atoms with van der Waals surface area (Å²) in [5, 5.41) is 3.78. The molecule has 0 radical (unpaired) electrons. The maximum Gasteiger partial charge on any atom is 0.258 e. The van der Waals surface area contributed by atoms with Crippen molar-refractivity contribution >= 4 is 22.6 Å². The molecule has 0 saturated heterocycles. The first-order chi connectivity index (χ1) is 6.66. The van der Waals surface area contributed by atoms with E-state index in [9.17, 15) is 0 Å². The fraction of sp³-hybridized carbons (Fsp3) is 0.200. The number of rotatable bonds is 1. The van der Waals surface area contributed by atoms with Gasteiger partial charge in [-0.3, -0.25) is 0 Å². The van der Waals surface area contributed by atoms with Crippen molar-refractivity contribution in [3.05, 3.63) is 33.2 Å². The highest BCUT2D eigenvalue weighted by Crippen LogP contribution is 2.23. The fourth-order valence-corrected chi connectivity index (χ4v) is 1.72. The topological polar surface area (TPSA) is 38.9 Å². The summed E-state index contributed by atoms with van der Waals surface area (Å²) in [6.07, 6.45) is 0. The Morgan fingerprint density at radius 3 is 2.71 bits per heavy atom. The van der Waals surface area contributed by atoms with Crippen LogP contribution in [0.5, 0.6) is 0 Å². The maximum atomic E-state index is 5.12. The van der Waals surface area contributed by atoms with Gasteiger partial charge in [0.1, 0.15) is 0 Å². The lowest BCUT2D eigenvalue weighted by atomic mass is 10.1. The number of aromatic nitrogens is 2. The van der Waals surface area contributed by atoms with Crippen molar-refractivity contribution in [2.45, 2.75) is 13.8 Å². The fourth-order valence-electron chi connectivity index (χ4n) is 1.23. The van der Waals surface area contributed by atoms with Crippen LogP contribution in [-0.2, 0) is 0 Å². The van der Waals surface area contributed by atoms with Crippen molar-refractivity contribution < 1.29 is 4.52 Å². The lowest BCUT2D eigenvalue weighted by Crippen LogP contribution is -1.84. The minimum absolute atomic E-state index is 0.596. The van der Waals surface area contributed by atoms with Gasteiger partial charge in [0.15, 0.2) is 5.82 Å². The van der Waals surface area contributed by atoms with Crippen LogP contribution >= 0.6 is 22.6 Å². The van der Waals surface area contributed by atoms with Crippen molar-refractivity contribution in [2.75, 3.05) is 0 Å². The molecule has 0 atom stereocenters. The van der Waals surface area contributed by atoms with Gasteiger partial charge in [0, 0.05) is 9.13 Å². The molecule has 2 aromatic rings. The third kappa shape index (κ3) is 1.79. The molecule has 0 saturated carbocycles. The number of nitrogens with zero attached hydrogens (tertiary/aromatic N) is 2. The summed E-state index contributed by atoms with van der Waals surface area (Å²) in [4.78, 5) is 4.20. The molecular formula is C10H9IN2O. The van der Waals surface area contributed by atoms with Gasteiger partial charge in [-0.1, -0.05) is 11.2 Å². The Hall–Kier alpha value is -0.910. The van der Waals surface area contributed by atoms with Crippen LogP contribution in [0.15, 0.2) is 22.7 Å². The molecule has 1 aromatic carbocycles. The average Bonchev–Trinajstić information content (AvgIpc) is 2.56. The molecule has 0 spiro atoms. The van der Waals surface area contributed by atoms with Gasteiger partial charge < -0.3 is 4.52 Å². The SMILES string of the molecule is Cc1noc(-c2cc(I)ccc2C)n1. The molecule has 3 nitrogen and oxygen atoms in total. The van der Waals surface area contributed by atoms with Crippen LogP contribution in [0.4, 0.5) is 0 Å². The van der Waals surface area contributed by atoms with Crippen LogP contribution in [0.2, 0.25) is 0 Å². The quantitative estimate of drug-likeness (QED) is 0.760. The molecule has 14 heavy (non-hydrogen) atoms. The number of halogens is 1. The van der Waals surface area contributed by atoms with E-state index in [4.69, 9.17) is 4.52 Å². The summed E-state index contributed by atoms with van der Waals surface area (Å²) in [6.45, 7) is 3.85. The summed E-state index contributed by atoms with van der Waals surface area (Å²) in [5.74, 6) is 1.26. The molecule has 0 N–H and O–H groups in total. The Morgan fingerprint density at radius 1 is 1.29 bits per heavy atom. The van der Waals surface area contributed by atoms with Gasteiger partial charge in [-0.25, -0.2) is 0 Å². The van der Waals surface area contributed by atoms with Crippen LogP contribution in [-0.4, -0.2) is 10.1 Å². The molecule has 0 aliphatic carbocycles.